The lowest BCUT2D eigenvalue weighted by Gasteiger charge is -2.55. The first-order valence-corrected chi connectivity index (χ1v) is 18.8. The van der Waals surface area contributed by atoms with E-state index in [1.807, 2.05) is 28.0 Å². The van der Waals surface area contributed by atoms with Crippen molar-refractivity contribution < 1.29 is 24.2 Å². The van der Waals surface area contributed by atoms with Crippen molar-refractivity contribution in [2.24, 2.45) is 17.3 Å². The van der Waals surface area contributed by atoms with Gasteiger partial charge in [-0.25, -0.2) is 14.8 Å². The molecule has 0 radical (unpaired) electrons. The molecule has 0 spiro atoms. The molecule has 4 saturated carbocycles. The third-order valence-corrected chi connectivity index (χ3v) is 12.4. The summed E-state index contributed by atoms with van der Waals surface area (Å²) in [5.74, 6) is 1.59. The zero-order valence-electron chi connectivity index (χ0n) is 30.9. The third kappa shape index (κ3) is 7.23. The van der Waals surface area contributed by atoms with Crippen LogP contribution >= 0.6 is 0 Å². The summed E-state index contributed by atoms with van der Waals surface area (Å²) in [6, 6.07) is 8.59. The lowest BCUT2D eigenvalue weighted by atomic mass is 9.51. The Bertz CT molecular complexity index is 1710. The normalized spacial score (nSPS) is 26.4. The van der Waals surface area contributed by atoms with Gasteiger partial charge >= 0.3 is 6.09 Å². The molecule has 2 aromatic heterocycles. The van der Waals surface area contributed by atoms with Crippen LogP contribution in [0.25, 0.3) is 11.3 Å². The van der Waals surface area contributed by atoms with Crippen molar-refractivity contribution >= 4 is 17.9 Å². The van der Waals surface area contributed by atoms with Crippen molar-refractivity contribution in [1.29, 1.82) is 0 Å². The van der Waals surface area contributed by atoms with E-state index >= 15 is 0 Å². The van der Waals surface area contributed by atoms with Crippen LogP contribution in [0.4, 0.5) is 10.7 Å². The summed E-state index contributed by atoms with van der Waals surface area (Å²) in [6.45, 7) is 10.1. The molecule has 5 aliphatic rings. The number of likely N-dealkylation sites (tertiary alicyclic amines) is 1. The molecule has 274 valence electrons. The Morgan fingerprint density at radius 2 is 1.73 bits per heavy atom. The Balaban J connectivity index is 1.08. The number of aryl methyl sites for hydroxylation is 1. The van der Waals surface area contributed by atoms with E-state index in [4.69, 9.17) is 19.4 Å². The molecule has 2 bridgehead atoms. The summed E-state index contributed by atoms with van der Waals surface area (Å²) in [7, 11) is 1.73. The third-order valence-electron chi connectivity index (χ3n) is 12.4. The van der Waals surface area contributed by atoms with Crippen LogP contribution in [0.15, 0.2) is 42.9 Å². The Kier molecular flexibility index (Phi) is 9.62. The maximum absolute atomic E-state index is 14.7. The quantitative estimate of drug-likeness (QED) is 0.264. The van der Waals surface area contributed by atoms with Crippen LogP contribution in [0, 0.1) is 24.2 Å². The first-order chi connectivity index (χ1) is 24.4. The highest BCUT2D eigenvalue weighted by Crippen LogP contribution is 2.58. The molecule has 4 aliphatic carbocycles. The fourth-order valence-electron chi connectivity index (χ4n) is 8.87. The summed E-state index contributed by atoms with van der Waals surface area (Å²) in [6.07, 6.45) is 14.4. The van der Waals surface area contributed by atoms with E-state index in [1.165, 1.54) is 16.0 Å². The number of anilines is 1. The van der Waals surface area contributed by atoms with Gasteiger partial charge in [-0.3, -0.25) is 14.4 Å². The maximum Gasteiger partial charge on any atom is 0.409 e. The van der Waals surface area contributed by atoms with Crippen LogP contribution in [-0.2, 0) is 20.5 Å². The van der Waals surface area contributed by atoms with Gasteiger partial charge in [-0.2, -0.15) is 5.10 Å². The SMILES string of the molecule is COc1ccc(C23CCC(CN(C(=O)C4CCC(COC(=O)N5CC(O)C5)CC4)c4nccc(-c5cnn(C(C)(C)C)c5)n4)(CC2)CC3)cc1C. The van der Waals surface area contributed by atoms with Gasteiger partial charge in [0.25, 0.3) is 0 Å². The molecule has 0 unspecified atom stereocenters. The van der Waals surface area contributed by atoms with Crippen molar-refractivity contribution in [3.8, 4) is 17.0 Å². The molecular formula is C40H54N6O5. The second-order valence-electron chi connectivity index (χ2n) is 16.8. The summed E-state index contributed by atoms with van der Waals surface area (Å²) in [4.78, 5) is 40.2. The Morgan fingerprint density at radius 3 is 2.33 bits per heavy atom. The first kappa shape index (κ1) is 35.4. The van der Waals surface area contributed by atoms with Crippen molar-refractivity contribution in [1.82, 2.24) is 24.6 Å². The number of nitrogens with zero attached hydrogens (tertiary/aromatic N) is 6. The van der Waals surface area contributed by atoms with Crippen molar-refractivity contribution in [3.63, 3.8) is 0 Å². The number of carbonyl (C=O) groups excluding carboxylic acids is 2. The second-order valence-corrected chi connectivity index (χ2v) is 16.8. The van der Waals surface area contributed by atoms with Crippen LogP contribution in [-0.4, -0.2) is 81.2 Å². The zero-order valence-corrected chi connectivity index (χ0v) is 30.9. The molecule has 5 fully saturated rings. The Labute approximate surface area is 301 Å². The molecule has 1 saturated heterocycles. The number of rotatable bonds is 9. The van der Waals surface area contributed by atoms with Gasteiger partial charge in [0.1, 0.15) is 5.75 Å². The first-order valence-electron chi connectivity index (χ1n) is 18.8. The number of hydrogen-bond donors (Lipinski definition) is 1. The van der Waals surface area contributed by atoms with Crippen molar-refractivity contribution in [2.45, 2.75) is 109 Å². The number of methoxy groups -OCH3 is 1. The molecule has 11 nitrogen and oxygen atoms in total. The molecule has 11 heteroatoms. The highest BCUT2D eigenvalue weighted by Gasteiger charge is 2.51. The number of aliphatic hydroxyl groups is 1. The molecule has 1 N–H and O–H groups in total. The second kappa shape index (κ2) is 13.9. The van der Waals surface area contributed by atoms with Crippen LogP contribution in [0.3, 0.4) is 0 Å². The van der Waals surface area contributed by atoms with Gasteiger partial charge in [-0.15, -0.1) is 0 Å². The molecule has 8 rings (SSSR count). The molecule has 1 aromatic carbocycles. The monoisotopic (exact) mass is 698 g/mol. The number of ether oxygens (including phenoxy) is 2. The number of amides is 2. The molecular weight excluding hydrogens is 644 g/mol. The standard InChI is InChI=1S/C40H54N6O5/c1-27-20-31(10-11-34(27)50-5)40-16-13-39(14-17-40,15-18-40)26-45(36-41-19-12-33(43-36)30-21-42-46(22-30)38(2,3)4)35(48)29-8-6-28(7-9-29)25-51-37(49)44-23-32(47)24-44/h10-12,19-22,28-29,32,47H,6-9,13-18,23-26H2,1-5H3. The van der Waals surface area contributed by atoms with Crippen LogP contribution in [0.5, 0.6) is 5.75 Å². The lowest BCUT2D eigenvalue weighted by Crippen LogP contribution is -2.53. The number of aliphatic hydroxyl groups excluding tert-OH is 1. The van der Waals surface area contributed by atoms with Gasteiger partial charge in [-0.1, -0.05) is 12.1 Å². The highest BCUT2D eigenvalue weighted by atomic mass is 16.6. The van der Waals surface area contributed by atoms with Gasteiger partial charge in [-0.05, 0) is 132 Å². The number of benzene rings is 1. The largest absolute Gasteiger partial charge is 0.496 e. The number of aromatic nitrogens is 4. The smallest absolute Gasteiger partial charge is 0.409 e. The Morgan fingerprint density at radius 1 is 1.02 bits per heavy atom. The highest BCUT2D eigenvalue weighted by molar-refractivity contribution is 5.93. The van der Waals surface area contributed by atoms with Crippen molar-refractivity contribution in [3.05, 3.63) is 54.0 Å². The summed E-state index contributed by atoms with van der Waals surface area (Å²) >= 11 is 0. The van der Waals surface area contributed by atoms with E-state index in [-0.39, 0.29) is 40.2 Å². The topological polar surface area (TPSA) is 123 Å². The summed E-state index contributed by atoms with van der Waals surface area (Å²) in [5.41, 5.74) is 4.28. The number of hydrogen-bond acceptors (Lipinski definition) is 8. The summed E-state index contributed by atoms with van der Waals surface area (Å²) < 4.78 is 13.1. The van der Waals surface area contributed by atoms with Gasteiger partial charge in [0.15, 0.2) is 0 Å². The van der Waals surface area contributed by atoms with Gasteiger partial charge in [0.2, 0.25) is 11.9 Å². The van der Waals surface area contributed by atoms with Crippen LogP contribution in [0.1, 0.15) is 96.1 Å². The minimum absolute atomic E-state index is 0.0191. The number of carbonyl (C=O) groups is 2. The predicted octanol–water partition coefficient (Wildman–Crippen LogP) is 6.66. The fourth-order valence-corrected chi connectivity index (χ4v) is 8.87. The fraction of sp³-hybridized carbons (Fsp3) is 0.625. The van der Waals surface area contributed by atoms with E-state index in [0.29, 0.717) is 32.2 Å². The van der Waals surface area contributed by atoms with E-state index in [0.717, 1.165) is 81.2 Å². The molecule has 2 amide bonds. The van der Waals surface area contributed by atoms with Crippen LogP contribution in [0.2, 0.25) is 0 Å². The zero-order chi connectivity index (χ0) is 36.0. The molecule has 3 aromatic rings. The lowest BCUT2D eigenvalue weighted by molar-refractivity contribution is -0.124. The van der Waals surface area contributed by atoms with E-state index < -0.39 is 6.10 Å². The number of β-amino-alcohol motifs (C(OH)–C–C–N with tert-alkyl or cyclic N) is 1. The minimum Gasteiger partial charge on any atom is -0.496 e. The molecule has 51 heavy (non-hydrogen) atoms. The minimum atomic E-state index is -0.449. The average molecular weight is 699 g/mol. The molecule has 0 atom stereocenters. The van der Waals surface area contributed by atoms with Gasteiger partial charge in [0.05, 0.1) is 50.3 Å². The maximum atomic E-state index is 14.7. The summed E-state index contributed by atoms with van der Waals surface area (Å²) in [5, 5.41) is 14.1. The van der Waals surface area contributed by atoms with Gasteiger partial charge < -0.3 is 19.5 Å². The van der Waals surface area contributed by atoms with E-state index in [2.05, 4.69) is 51.0 Å². The van der Waals surface area contributed by atoms with E-state index in [1.54, 1.807) is 13.3 Å². The number of fused-ring (bicyclic) bond motifs is 3. The average Bonchev–Trinajstić information content (AvgIpc) is 3.64. The predicted molar refractivity (Wildman–Crippen MR) is 195 cm³/mol. The molecule has 1 aliphatic heterocycles. The van der Waals surface area contributed by atoms with Gasteiger partial charge in [0, 0.05) is 30.4 Å². The van der Waals surface area contributed by atoms with Crippen molar-refractivity contribution in [2.75, 3.05) is 38.3 Å². The van der Waals surface area contributed by atoms with Crippen LogP contribution < -0.4 is 9.64 Å². The molecule has 3 heterocycles. The van der Waals surface area contributed by atoms with E-state index in [9.17, 15) is 14.7 Å². The Hall–Kier alpha value is -3.99.